The molecular formula is C18H22NO+. The molecule has 0 atom stereocenters. The Labute approximate surface area is 121 Å². The van der Waals surface area contributed by atoms with Gasteiger partial charge < -0.3 is 4.74 Å². The fourth-order valence-electron chi connectivity index (χ4n) is 2.23. The van der Waals surface area contributed by atoms with E-state index in [1.807, 2.05) is 12.1 Å². The Kier molecular flexibility index (Phi) is 5.36. The van der Waals surface area contributed by atoms with Crippen molar-refractivity contribution in [2.24, 2.45) is 0 Å². The predicted octanol–water partition coefficient (Wildman–Crippen LogP) is 3.89. The van der Waals surface area contributed by atoms with E-state index >= 15 is 0 Å². The maximum atomic E-state index is 5.20. The summed E-state index contributed by atoms with van der Waals surface area (Å²) in [5, 5.41) is 0. The van der Waals surface area contributed by atoms with Crippen LogP contribution in [0.15, 0.2) is 54.6 Å². The second kappa shape index (κ2) is 7.49. The van der Waals surface area contributed by atoms with Gasteiger partial charge in [0.15, 0.2) is 13.1 Å². The van der Waals surface area contributed by atoms with Gasteiger partial charge in [0, 0.05) is 17.5 Å². The minimum absolute atomic E-state index is 0.905. The first kappa shape index (κ1) is 14.3. The summed E-state index contributed by atoms with van der Waals surface area (Å²) in [6, 6.07) is 18.9. The van der Waals surface area contributed by atoms with Crippen LogP contribution in [0.2, 0.25) is 0 Å². The van der Waals surface area contributed by atoms with Gasteiger partial charge in [0.25, 0.3) is 0 Å². The van der Waals surface area contributed by atoms with Gasteiger partial charge in [-0.2, -0.15) is 0 Å². The lowest BCUT2D eigenvalue weighted by Crippen LogP contribution is -2.12. The number of nitrogens with zero attached hydrogens (tertiary/aromatic N) is 1. The van der Waals surface area contributed by atoms with Crippen LogP contribution in [0.5, 0.6) is 5.75 Å². The fraction of sp³-hybridized carbons (Fsp3) is 0.278. The second-order valence-electron chi connectivity index (χ2n) is 4.83. The molecule has 0 heterocycles. The molecule has 0 saturated heterocycles. The second-order valence-corrected chi connectivity index (χ2v) is 4.83. The number of methoxy groups -OCH3 is 1. The lowest BCUT2D eigenvalue weighted by molar-refractivity contribution is -0.556. The van der Waals surface area contributed by atoms with Crippen LogP contribution in [0, 0.1) is 0 Å². The molecule has 2 aromatic rings. The molecule has 0 aliphatic carbocycles. The molecule has 104 valence electrons. The van der Waals surface area contributed by atoms with Gasteiger partial charge in [0.1, 0.15) is 12.0 Å². The highest BCUT2D eigenvalue weighted by atomic mass is 16.5. The quantitative estimate of drug-likeness (QED) is 0.572. The van der Waals surface area contributed by atoms with Crippen molar-refractivity contribution in [3.63, 3.8) is 0 Å². The molecule has 0 aliphatic rings. The smallest absolute Gasteiger partial charge is 0.168 e. The zero-order valence-electron chi connectivity index (χ0n) is 12.3. The minimum Gasteiger partial charge on any atom is -0.497 e. The van der Waals surface area contributed by atoms with Crippen molar-refractivity contribution in [1.82, 2.24) is 0 Å². The largest absolute Gasteiger partial charge is 0.497 e. The first-order valence-electron chi connectivity index (χ1n) is 7.06. The van der Waals surface area contributed by atoms with Gasteiger partial charge in [-0.05, 0) is 24.3 Å². The lowest BCUT2D eigenvalue weighted by atomic mass is 10.2. The summed E-state index contributed by atoms with van der Waals surface area (Å²) in [7, 11) is 1.70. The van der Waals surface area contributed by atoms with Gasteiger partial charge in [-0.15, -0.1) is 0 Å². The Balaban J connectivity index is 2.07. The average Bonchev–Trinajstić information content (AvgIpc) is 2.49. The van der Waals surface area contributed by atoms with E-state index < -0.39 is 0 Å². The van der Waals surface area contributed by atoms with Gasteiger partial charge in [0.2, 0.25) is 0 Å². The number of ether oxygens (including phenoxy) is 1. The summed E-state index contributed by atoms with van der Waals surface area (Å²) in [5.74, 6) is 0.905. The van der Waals surface area contributed by atoms with Crippen molar-refractivity contribution >= 4 is 6.21 Å². The van der Waals surface area contributed by atoms with Crippen LogP contribution >= 0.6 is 0 Å². The molecule has 2 heteroatoms. The van der Waals surface area contributed by atoms with E-state index in [9.17, 15) is 0 Å². The Hall–Kier alpha value is -2.09. The molecule has 0 spiro atoms. The van der Waals surface area contributed by atoms with Crippen molar-refractivity contribution < 1.29 is 9.31 Å². The summed E-state index contributed by atoms with van der Waals surface area (Å²) in [4.78, 5) is 0. The first-order valence-corrected chi connectivity index (χ1v) is 7.06. The van der Waals surface area contributed by atoms with E-state index in [2.05, 4.69) is 60.2 Å². The highest BCUT2D eigenvalue weighted by Crippen LogP contribution is 2.12. The normalized spacial score (nSPS) is 11.4. The first-order chi connectivity index (χ1) is 9.81. The molecule has 0 fully saturated rings. The van der Waals surface area contributed by atoms with Crippen molar-refractivity contribution in [3.8, 4) is 5.75 Å². The van der Waals surface area contributed by atoms with Gasteiger partial charge >= 0.3 is 0 Å². The third-order valence-corrected chi connectivity index (χ3v) is 3.21. The molecule has 0 N–H and O–H groups in total. The molecule has 2 nitrogen and oxygen atoms in total. The Morgan fingerprint density at radius 3 is 2.05 bits per heavy atom. The van der Waals surface area contributed by atoms with Crippen LogP contribution in [0.1, 0.15) is 24.5 Å². The van der Waals surface area contributed by atoms with Crippen LogP contribution in [-0.2, 0) is 13.1 Å². The van der Waals surface area contributed by atoms with Crippen molar-refractivity contribution in [2.45, 2.75) is 26.4 Å². The highest BCUT2D eigenvalue weighted by Gasteiger charge is 2.07. The number of benzene rings is 2. The molecule has 20 heavy (non-hydrogen) atoms. The maximum Gasteiger partial charge on any atom is 0.168 e. The molecule has 2 aromatic carbocycles. The molecule has 0 saturated carbocycles. The van der Waals surface area contributed by atoms with Crippen molar-refractivity contribution in [3.05, 3.63) is 65.7 Å². The number of hydrogen-bond acceptors (Lipinski definition) is 1. The molecule has 0 amide bonds. The molecule has 0 unspecified atom stereocenters. The van der Waals surface area contributed by atoms with E-state index in [-0.39, 0.29) is 0 Å². The maximum absolute atomic E-state index is 5.20. The summed E-state index contributed by atoms with van der Waals surface area (Å²) in [6.07, 6.45) is 3.31. The monoisotopic (exact) mass is 268 g/mol. The topological polar surface area (TPSA) is 12.2 Å². The van der Waals surface area contributed by atoms with E-state index in [0.717, 1.165) is 25.3 Å². The highest BCUT2D eigenvalue weighted by molar-refractivity contribution is 5.50. The molecule has 0 bridgehead atoms. The van der Waals surface area contributed by atoms with Crippen LogP contribution in [-0.4, -0.2) is 17.9 Å². The zero-order valence-corrected chi connectivity index (χ0v) is 12.3. The Morgan fingerprint density at radius 2 is 1.50 bits per heavy atom. The third-order valence-electron chi connectivity index (χ3n) is 3.21. The van der Waals surface area contributed by atoms with Crippen LogP contribution in [0.3, 0.4) is 0 Å². The summed E-state index contributed by atoms with van der Waals surface area (Å²) in [5.41, 5.74) is 2.64. The average molecular weight is 268 g/mol. The van der Waals surface area contributed by atoms with E-state index in [4.69, 9.17) is 4.74 Å². The lowest BCUT2D eigenvalue weighted by Gasteiger charge is -2.05. The van der Waals surface area contributed by atoms with Crippen LogP contribution in [0.4, 0.5) is 0 Å². The van der Waals surface area contributed by atoms with Crippen LogP contribution in [0.25, 0.3) is 0 Å². The fourth-order valence-corrected chi connectivity index (χ4v) is 2.23. The summed E-state index contributed by atoms with van der Waals surface area (Å²) < 4.78 is 7.55. The van der Waals surface area contributed by atoms with Gasteiger partial charge in [-0.25, -0.2) is 4.58 Å². The summed E-state index contributed by atoms with van der Waals surface area (Å²) in [6.45, 7) is 4.04. The molecule has 0 aromatic heterocycles. The van der Waals surface area contributed by atoms with Gasteiger partial charge in [-0.1, -0.05) is 37.3 Å². The Bertz CT molecular complexity index is 543. The predicted molar refractivity (Wildman–Crippen MR) is 83.5 cm³/mol. The Morgan fingerprint density at radius 1 is 0.900 bits per heavy atom. The third kappa shape index (κ3) is 4.23. The van der Waals surface area contributed by atoms with Gasteiger partial charge in [0.05, 0.1) is 7.11 Å². The molecule has 0 aliphatic heterocycles. The SMILES string of the molecule is CCC=[N+](Cc1ccccc1)Cc1ccc(OC)cc1. The van der Waals surface area contributed by atoms with Crippen molar-refractivity contribution in [1.29, 1.82) is 0 Å². The van der Waals surface area contributed by atoms with Crippen LogP contribution < -0.4 is 4.74 Å². The molecule has 2 rings (SSSR count). The standard InChI is InChI=1S/C18H22NO/c1-3-13-19(14-16-7-5-4-6-8-16)15-17-9-11-18(20-2)12-10-17/h4-13H,3,14-15H2,1-2H3/q+1. The van der Waals surface area contributed by atoms with E-state index in [1.165, 1.54) is 11.1 Å². The molecule has 0 radical (unpaired) electrons. The number of hydrogen-bond donors (Lipinski definition) is 0. The molecular weight excluding hydrogens is 246 g/mol. The van der Waals surface area contributed by atoms with E-state index in [0.29, 0.717) is 0 Å². The number of rotatable bonds is 6. The zero-order chi connectivity index (χ0) is 14.2. The van der Waals surface area contributed by atoms with Gasteiger partial charge in [-0.3, -0.25) is 0 Å². The van der Waals surface area contributed by atoms with Crippen molar-refractivity contribution in [2.75, 3.05) is 7.11 Å². The minimum atomic E-state index is 0.905. The van der Waals surface area contributed by atoms with E-state index in [1.54, 1.807) is 7.11 Å². The summed E-state index contributed by atoms with van der Waals surface area (Å²) >= 11 is 0.